The first kappa shape index (κ1) is 36.9. The van der Waals surface area contributed by atoms with Crippen LogP contribution < -0.4 is 24.8 Å². The Morgan fingerprint density at radius 1 is 0.755 bits per heavy atom. The molecule has 0 unspecified atom stereocenters. The minimum atomic E-state index is -0.525. The number of amides is 2. The van der Waals surface area contributed by atoms with Crippen LogP contribution in [0.2, 0.25) is 10.0 Å². The molecule has 0 aromatic heterocycles. The Labute approximate surface area is 296 Å². The van der Waals surface area contributed by atoms with E-state index in [1.54, 1.807) is 26.4 Å². The first-order valence-electron chi connectivity index (χ1n) is 15.6. The number of alkyl carbamates (subject to hydrolysis) is 1. The summed E-state index contributed by atoms with van der Waals surface area (Å²) in [4.78, 5) is 31.2. The van der Waals surface area contributed by atoms with Crippen molar-refractivity contribution in [3.63, 3.8) is 0 Å². The molecule has 12 heteroatoms. The van der Waals surface area contributed by atoms with Gasteiger partial charge in [0, 0.05) is 30.1 Å². The summed E-state index contributed by atoms with van der Waals surface area (Å²) in [5, 5.41) is 10.5. The molecule has 0 saturated heterocycles. The number of rotatable bonds is 18. The molecule has 2 N–H and O–H groups in total. The van der Waals surface area contributed by atoms with E-state index in [9.17, 15) is 9.59 Å². The lowest BCUT2D eigenvalue weighted by atomic mass is 10.1. The third kappa shape index (κ3) is 12.6. The molecule has 4 rings (SSSR count). The monoisotopic (exact) mass is 707 g/mol. The van der Waals surface area contributed by atoms with Crippen molar-refractivity contribution in [2.75, 3.05) is 33.9 Å². The van der Waals surface area contributed by atoms with Crippen molar-refractivity contribution >= 4 is 40.9 Å². The van der Waals surface area contributed by atoms with E-state index in [1.807, 2.05) is 78.9 Å². The predicted molar refractivity (Wildman–Crippen MR) is 190 cm³/mol. The van der Waals surface area contributed by atoms with Gasteiger partial charge in [-0.05, 0) is 65.9 Å². The number of carbonyl (C=O) groups excluding carboxylic acids is 2. The minimum absolute atomic E-state index is 0.0245. The lowest BCUT2D eigenvalue weighted by Crippen LogP contribution is -2.34. The summed E-state index contributed by atoms with van der Waals surface area (Å²) in [7, 11) is 3.21. The highest BCUT2D eigenvalue weighted by Gasteiger charge is 2.19. The number of hydrogen-bond donors (Lipinski definition) is 2. The molecule has 0 fully saturated rings. The van der Waals surface area contributed by atoms with Crippen molar-refractivity contribution in [1.29, 1.82) is 0 Å². The predicted octanol–water partition coefficient (Wildman–Crippen LogP) is 7.18. The van der Waals surface area contributed by atoms with E-state index < -0.39 is 12.0 Å². The molecule has 4 aromatic rings. The molecular formula is C37H39Cl2N3O7. The third-order valence-electron chi connectivity index (χ3n) is 7.18. The normalized spacial score (nSPS) is 11.0. The summed E-state index contributed by atoms with van der Waals surface area (Å²) >= 11 is 12.9. The van der Waals surface area contributed by atoms with E-state index in [2.05, 4.69) is 15.8 Å². The van der Waals surface area contributed by atoms with Gasteiger partial charge in [0.05, 0.1) is 25.8 Å². The third-order valence-corrected chi connectivity index (χ3v) is 7.68. The number of methoxy groups -OCH3 is 2. The highest BCUT2D eigenvalue weighted by molar-refractivity contribution is 6.40. The van der Waals surface area contributed by atoms with E-state index in [4.69, 9.17) is 47.0 Å². The Kier molecular flexibility index (Phi) is 14.9. The Morgan fingerprint density at radius 2 is 1.41 bits per heavy atom. The first-order chi connectivity index (χ1) is 23.8. The van der Waals surface area contributed by atoms with Crippen molar-refractivity contribution in [1.82, 2.24) is 10.6 Å². The quantitative estimate of drug-likeness (QED) is 0.0639. The molecule has 4 aromatic carbocycles. The fourth-order valence-corrected chi connectivity index (χ4v) is 5.16. The molecule has 2 amide bonds. The van der Waals surface area contributed by atoms with E-state index in [0.29, 0.717) is 48.0 Å². The van der Waals surface area contributed by atoms with Gasteiger partial charge in [0.2, 0.25) is 0 Å². The number of hydrogen-bond acceptors (Lipinski definition) is 8. The molecule has 0 heterocycles. The zero-order chi connectivity index (χ0) is 34.8. The van der Waals surface area contributed by atoms with Gasteiger partial charge in [-0.1, -0.05) is 83.0 Å². The standard InChI is InChI=1S/C37H39Cl2N3O7/c1-45-31-13-9-26(10-14-31)17-19-40-36(43)34(42-49-25-28-11-15-32(46-2)16-12-28)22-29-21-30(38)23-33(39)35(29)47-20-6-18-41-37(44)48-24-27-7-4-3-5-8-27/h3-5,7-16,21,23H,6,17-20,22,24-25H2,1-2H3,(H,40,43)(H,41,44)/b42-34+. The second-order valence-corrected chi connectivity index (χ2v) is 11.6. The summed E-state index contributed by atoms with van der Waals surface area (Å²) in [6, 6.07) is 27.6. The number of nitrogens with zero attached hydrogens (tertiary/aromatic N) is 1. The highest BCUT2D eigenvalue weighted by atomic mass is 35.5. The largest absolute Gasteiger partial charge is 0.497 e. The summed E-state index contributed by atoms with van der Waals surface area (Å²) in [6.45, 7) is 1.21. The molecule has 49 heavy (non-hydrogen) atoms. The average Bonchev–Trinajstić information content (AvgIpc) is 3.12. The van der Waals surface area contributed by atoms with Gasteiger partial charge in [0.15, 0.2) is 0 Å². The van der Waals surface area contributed by atoms with Crippen LogP contribution in [0, 0.1) is 0 Å². The molecule has 0 spiro atoms. The van der Waals surface area contributed by atoms with Gasteiger partial charge in [-0.2, -0.15) is 0 Å². The van der Waals surface area contributed by atoms with Gasteiger partial charge in [0.1, 0.15) is 36.2 Å². The number of carbonyl (C=O) groups is 2. The van der Waals surface area contributed by atoms with E-state index in [0.717, 1.165) is 22.4 Å². The van der Waals surface area contributed by atoms with Crippen LogP contribution >= 0.6 is 23.2 Å². The molecule has 0 aliphatic carbocycles. The van der Waals surface area contributed by atoms with Crippen LogP contribution in [0.5, 0.6) is 17.2 Å². The molecule has 0 bridgehead atoms. The van der Waals surface area contributed by atoms with Crippen LogP contribution in [0.4, 0.5) is 4.79 Å². The Balaban J connectivity index is 1.38. The number of nitrogens with one attached hydrogen (secondary N) is 2. The molecule has 0 atom stereocenters. The molecule has 258 valence electrons. The first-order valence-corrected chi connectivity index (χ1v) is 16.4. The van der Waals surface area contributed by atoms with Crippen LogP contribution in [-0.4, -0.2) is 51.6 Å². The number of benzene rings is 4. The maximum atomic E-state index is 13.4. The Morgan fingerprint density at radius 3 is 2.08 bits per heavy atom. The van der Waals surface area contributed by atoms with Crippen molar-refractivity contribution in [2.24, 2.45) is 5.16 Å². The van der Waals surface area contributed by atoms with E-state index >= 15 is 0 Å². The molecule has 0 saturated carbocycles. The molecule has 0 radical (unpaired) electrons. The van der Waals surface area contributed by atoms with Crippen LogP contribution in [0.15, 0.2) is 96.2 Å². The summed E-state index contributed by atoms with van der Waals surface area (Å²) in [5.74, 6) is 1.41. The maximum absolute atomic E-state index is 13.4. The van der Waals surface area contributed by atoms with Crippen LogP contribution in [-0.2, 0) is 40.4 Å². The molecule has 0 aliphatic rings. The molecular weight excluding hydrogens is 669 g/mol. The summed E-state index contributed by atoms with van der Waals surface area (Å²) < 4.78 is 21.7. The van der Waals surface area contributed by atoms with Crippen LogP contribution in [0.1, 0.15) is 28.7 Å². The van der Waals surface area contributed by atoms with Gasteiger partial charge in [0.25, 0.3) is 5.91 Å². The smallest absolute Gasteiger partial charge is 0.407 e. The van der Waals surface area contributed by atoms with Crippen molar-refractivity contribution < 1.29 is 33.4 Å². The Bertz CT molecular complexity index is 1670. The van der Waals surface area contributed by atoms with E-state index in [1.165, 1.54) is 0 Å². The molecule has 0 aliphatic heterocycles. The molecule has 10 nitrogen and oxygen atoms in total. The topological polar surface area (TPSA) is 117 Å². The highest BCUT2D eigenvalue weighted by Crippen LogP contribution is 2.33. The van der Waals surface area contributed by atoms with Crippen molar-refractivity contribution in [3.8, 4) is 17.2 Å². The average molecular weight is 709 g/mol. The summed E-state index contributed by atoms with van der Waals surface area (Å²) in [6.07, 6.45) is 0.566. The van der Waals surface area contributed by atoms with Crippen molar-refractivity contribution in [2.45, 2.75) is 32.5 Å². The zero-order valence-electron chi connectivity index (χ0n) is 27.4. The number of halogens is 2. The lowest BCUT2D eigenvalue weighted by Gasteiger charge is -2.15. The number of oxime groups is 1. The lowest BCUT2D eigenvalue weighted by molar-refractivity contribution is -0.115. The van der Waals surface area contributed by atoms with Gasteiger partial charge < -0.3 is 34.4 Å². The Hall–Kier alpha value is -4.93. The van der Waals surface area contributed by atoms with Gasteiger partial charge in [-0.25, -0.2) is 4.79 Å². The fourth-order valence-electron chi connectivity index (χ4n) is 4.57. The minimum Gasteiger partial charge on any atom is -0.497 e. The maximum Gasteiger partial charge on any atom is 0.407 e. The van der Waals surface area contributed by atoms with Crippen LogP contribution in [0.25, 0.3) is 0 Å². The second-order valence-electron chi connectivity index (χ2n) is 10.8. The fraction of sp³-hybridized carbons (Fsp3) is 0.270. The van der Waals surface area contributed by atoms with Crippen LogP contribution in [0.3, 0.4) is 0 Å². The number of ether oxygens (including phenoxy) is 4. The SMILES string of the molecule is COc1ccc(CCNC(=O)/C(Cc2cc(Cl)cc(Cl)c2OCCCNC(=O)OCc2ccccc2)=N/OCc2ccc(OC)cc2)cc1. The zero-order valence-corrected chi connectivity index (χ0v) is 28.9. The van der Waals surface area contributed by atoms with E-state index in [-0.39, 0.29) is 37.0 Å². The second kappa shape index (κ2) is 19.8. The van der Waals surface area contributed by atoms with Gasteiger partial charge >= 0.3 is 6.09 Å². The van der Waals surface area contributed by atoms with Gasteiger partial charge in [-0.3, -0.25) is 4.79 Å². The summed E-state index contributed by atoms with van der Waals surface area (Å²) in [5.41, 5.74) is 3.42. The van der Waals surface area contributed by atoms with Gasteiger partial charge in [-0.15, -0.1) is 0 Å². The van der Waals surface area contributed by atoms with Crippen molar-refractivity contribution in [3.05, 3.63) is 123 Å².